The van der Waals surface area contributed by atoms with Gasteiger partial charge in [0.15, 0.2) is 0 Å². The number of amides is 1. The number of aromatic nitrogens is 1. The van der Waals surface area contributed by atoms with E-state index >= 15 is 0 Å². The van der Waals surface area contributed by atoms with Crippen LogP contribution in [0.25, 0.3) is 10.6 Å². The molecule has 0 aliphatic carbocycles. The summed E-state index contributed by atoms with van der Waals surface area (Å²) in [6.45, 7) is 0. The fourth-order valence-corrected chi connectivity index (χ4v) is 2.11. The van der Waals surface area contributed by atoms with Crippen LogP contribution in [0.3, 0.4) is 0 Å². The highest BCUT2D eigenvalue weighted by Crippen LogP contribution is 2.23. The lowest BCUT2D eigenvalue weighted by Gasteiger charge is -2.06. The minimum absolute atomic E-state index is 0.0570. The molecular formula is C12H12N2OS. The van der Waals surface area contributed by atoms with Crippen molar-refractivity contribution in [3.05, 3.63) is 41.4 Å². The summed E-state index contributed by atoms with van der Waals surface area (Å²) in [5.74, 6) is -0.0570. The van der Waals surface area contributed by atoms with Crippen LogP contribution in [0.4, 0.5) is 0 Å². The van der Waals surface area contributed by atoms with Crippen molar-refractivity contribution < 1.29 is 4.79 Å². The van der Waals surface area contributed by atoms with Gasteiger partial charge in [0.1, 0.15) is 10.7 Å². The molecule has 0 bridgehead atoms. The molecule has 3 nitrogen and oxygen atoms in total. The molecule has 0 N–H and O–H groups in total. The SMILES string of the molecule is CN(C)C(=O)c1csc(-c2ccccc2)n1. The normalized spacial score (nSPS) is 10.1. The molecule has 1 heterocycles. The molecule has 0 unspecified atom stereocenters. The summed E-state index contributed by atoms with van der Waals surface area (Å²) in [6.07, 6.45) is 0. The molecule has 1 amide bonds. The Morgan fingerprint density at radius 3 is 2.56 bits per heavy atom. The zero-order valence-electron chi connectivity index (χ0n) is 9.18. The van der Waals surface area contributed by atoms with E-state index in [1.54, 1.807) is 19.5 Å². The maximum Gasteiger partial charge on any atom is 0.272 e. The third-order valence-electron chi connectivity index (χ3n) is 2.15. The number of hydrogen-bond acceptors (Lipinski definition) is 3. The van der Waals surface area contributed by atoms with Gasteiger partial charge in [0.2, 0.25) is 0 Å². The van der Waals surface area contributed by atoms with Crippen LogP contribution in [0.1, 0.15) is 10.5 Å². The van der Waals surface area contributed by atoms with Gasteiger partial charge in [-0.25, -0.2) is 4.98 Å². The van der Waals surface area contributed by atoms with Gasteiger partial charge < -0.3 is 4.90 Å². The maximum absolute atomic E-state index is 11.7. The lowest BCUT2D eigenvalue weighted by Crippen LogP contribution is -2.21. The fraction of sp³-hybridized carbons (Fsp3) is 0.167. The second kappa shape index (κ2) is 4.45. The summed E-state index contributed by atoms with van der Waals surface area (Å²) in [7, 11) is 3.45. The van der Waals surface area contributed by atoms with Crippen molar-refractivity contribution >= 4 is 17.2 Å². The topological polar surface area (TPSA) is 33.2 Å². The van der Waals surface area contributed by atoms with Gasteiger partial charge in [-0.3, -0.25) is 4.79 Å². The molecule has 1 aromatic carbocycles. The third-order valence-corrected chi connectivity index (χ3v) is 3.04. The number of carbonyl (C=O) groups is 1. The Morgan fingerprint density at radius 2 is 1.94 bits per heavy atom. The lowest BCUT2D eigenvalue weighted by molar-refractivity contribution is 0.0823. The minimum atomic E-state index is -0.0570. The first kappa shape index (κ1) is 10.8. The van der Waals surface area contributed by atoms with Crippen molar-refractivity contribution in [2.75, 3.05) is 14.1 Å². The number of carbonyl (C=O) groups excluding carboxylic acids is 1. The maximum atomic E-state index is 11.7. The lowest BCUT2D eigenvalue weighted by atomic mass is 10.2. The molecule has 0 spiro atoms. The van der Waals surface area contributed by atoms with Crippen LogP contribution in [0.15, 0.2) is 35.7 Å². The van der Waals surface area contributed by atoms with Gasteiger partial charge in [0, 0.05) is 25.0 Å². The Labute approximate surface area is 98.4 Å². The van der Waals surface area contributed by atoms with Crippen LogP contribution in [0.2, 0.25) is 0 Å². The largest absolute Gasteiger partial charge is 0.343 e. The van der Waals surface area contributed by atoms with E-state index in [1.807, 2.05) is 30.3 Å². The molecule has 4 heteroatoms. The Kier molecular flexibility index (Phi) is 3.01. The molecule has 2 rings (SSSR count). The number of rotatable bonds is 2. The minimum Gasteiger partial charge on any atom is -0.343 e. The van der Waals surface area contributed by atoms with E-state index in [1.165, 1.54) is 16.2 Å². The molecule has 0 aliphatic heterocycles. The number of hydrogen-bond donors (Lipinski definition) is 0. The molecule has 0 radical (unpaired) electrons. The third kappa shape index (κ3) is 2.12. The fourth-order valence-electron chi connectivity index (χ4n) is 1.31. The summed E-state index contributed by atoms with van der Waals surface area (Å²) >= 11 is 1.49. The van der Waals surface area contributed by atoms with Gasteiger partial charge >= 0.3 is 0 Å². The van der Waals surface area contributed by atoms with E-state index in [2.05, 4.69) is 4.98 Å². The van der Waals surface area contributed by atoms with Gasteiger partial charge in [0.25, 0.3) is 5.91 Å². The van der Waals surface area contributed by atoms with Crippen LogP contribution < -0.4 is 0 Å². The highest BCUT2D eigenvalue weighted by molar-refractivity contribution is 7.13. The van der Waals surface area contributed by atoms with Crippen LogP contribution in [-0.4, -0.2) is 29.9 Å². The summed E-state index contributed by atoms with van der Waals surface area (Å²) in [5.41, 5.74) is 1.55. The molecular weight excluding hydrogens is 220 g/mol. The highest BCUT2D eigenvalue weighted by atomic mass is 32.1. The van der Waals surface area contributed by atoms with E-state index < -0.39 is 0 Å². The standard InChI is InChI=1S/C12H12N2OS/c1-14(2)12(15)10-8-16-11(13-10)9-6-4-3-5-7-9/h3-8H,1-2H3. The summed E-state index contributed by atoms with van der Waals surface area (Å²) in [6, 6.07) is 9.86. The Bertz CT molecular complexity index is 491. The van der Waals surface area contributed by atoms with Gasteiger partial charge in [-0.1, -0.05) is 30.3 Å². The van der Waals surface area contributed by atoms with Crippen molar-refractivity contribution in [3.8, 4) is 10.6 Å². The molecule has 0 atom stereocenters. The summed E-state index contributed by atoms with van der Waals surface area (Å²) in [5, 5.41) is 2.68. The van der Waals surface area contributed by atoms with Crippen LogP contribution in [0.5, 0.6) is 0 Å². The van der Waals surface area contributed by atoms with Gasteiger partial charge in [-0.15, -0.1) is 11.3 Å². The van der Waals surface area contributed by atoms with E-state index in [-0.39, 0.29) is 5.91 Å². The number of benzene rings is 1. The van der Waals surface area contributed by atoms with E-state index in [0.717, 1.165) is 10.6 Å². The quantitative estimate of drug-likeness (QED) is 0.797. The zero-order valence-corrected chi connectivity index (χ0v) is 9.99. The van der Waals surface area contributed by atoms with Crippen LogP contribution >= 0.6 is 11.3 Å². The molecule has 0 fully saturated rings. The molecule has 0 saturated heterocycles. The average Bonchev–Trinajstić information content (AvgIpc) is 2.78. The molecule has 1 aromatic heterocycles. The predicted molar refractivity (Wildman–Crippen MR) is 65.6 cm³/mol. The van der Waals surface area contributed by atoms with Crippen molar-refractivity contribution in [1.82, 2.24) is 9.88 Å². The highest BCUT2D eigenvalue weighted by Gasteiger charge is 2.12. The summed E-state index contributed by atoms with van der Waals surface area (Å²) in [4.78, 5) is 17.5. The first-order valence-corrected chi connectivity index (χ1v) is 5.79. The average molecular weight is 232 g/mol. The Balaban J connectivity index is 2.30. The van der Waals surface area contributed by atoms with E-state index in [0.29, 0.717) is 5.69 Å². The first-order chi connectivity index (χ1) is 7.68. The first-order valence-electron chi connectivity index (χ1n) is 4.91. The molecule has 82 valence electrons. The smallest absolute Gasteiger partial charge is 0.272 e. The Morgan fingerprint density at radius 1 is 1.25 bits per heavy atom. The van der Waals surface area contributed by atoms with Crippen LogP contribution in [0, 0.1) is 0 Å². The predicted octanol–water partition coefficient (Wildman–Crippen LogP) is 2.51. The second-order valence-electron chi connectivity index (χ2n) is 3.60. The monoisotopic (exact) mass is 232 g/mol. The molecule has 2 aromatic rings. The number of nitrogens with zero attached hydrogens (tertiary/aromatic N) is 2. The Hall–Kier alpha value is -1.68. The van der Waals surface area contributed by atoms with Crippen molar-refractivity contribution in [2.45, 2.75) is 0 Å². The summed E-state index contributed by atoms with van der Waals surface area (Å²) < 4.78 is 0. The van der Waals surface area contributed by atoms with Crippen LogP contribution in [-0.2, 0) is 0 Å². The molecule has 16 heavy (non-hydrogen) atoms. The van der Waals surface area contributed by atoms with Crippen molar-refractivity contribution in [1.29, 1.82) is 0 Å². The number of thiazole rings is 1. The van der Waals surface area contributed by atoms with E-state index in [4.69, 9.17) is 0 Å². The second-order valence-corrected chi connectivity index (χ2v) is 4.46. The molecule has 0 saturated carbocycles. The van der Waals surface area contributed by atoms with E-state index in [9.17, 15) is 4.79 Å². The van der Waals surface area contributed by atoms with Crippen molar-refractivity contribution in [2.24, 2.45) is 0 Å². The zero-order chi connectivity index (χ0) is 11.5. The van der Waals surface area contributed by atoms with Gasteiger partial charge in [-0.2, -0.15) is 0 Å². The van der Waals surface area contributed by atoms with Gasteiger partial charge in [-0.05, 0) is 0 Å². The molecule has 0 aliphatic rings. The van der Waals surface area contributed by atoms with Gasteiger partial charge in [0.05, 0.1) is 0 Å². The van der Waals surface area contributed by atoms with Crippen molar-refractivity contribution in [3.63, 3.8) is 0 Å².